The lowest BCUT2D eigenvalue weighted by molar-refractivity contribution is -0.135. The first-order chi connectivity index (χ1) is 10.1. The molecule has 2 aromatic carbocycles. The highest BCUT2D eigenvalue weighted by atomic mass is 16.4. The summed E-state index contributed by atoms with van der Waals surface area (Å²) < 4.78 is 0. The second kappa shape index (κ2) is 6.42. The van der Waals surface area contributed by atoms with Crippen LogP contribution in [0.4, 0.5) is 21.9 Å². The van der Waals surface area contributed by atoms with Gasteiger partial charge in [-0.1, -0.05) is 30.3 Å². The summed E-state index contributed by atoms with van der Waals surface area (Å²) in [6.45, 7) is -0.442. The number of nitrogens with zero attached hydrogens (tertiary/aromatic N) is 1. The fourth-order valence-electron chi connectivity index (χ4n) is 1.82. The van der Waals surface area contributed by atoms with Crippen LogP contribution in [0.15, 0.2) is 54.6 Å². The molecule has 0 spiro atoms. The molecule has 2 amide bonds. The number of carboxylic acid groups (broad SMARTS) is 1. The van der Waals surface area contributed by atoms with Crippen molar-refractivity contribution in [1.29, 1.82) is 0 Å². The summed E-state index contributed by atoms with van der Waals surface area (Å²) in [4.78, 5) is 24.4. The van der Waals surface area contributed by atoms with E-state index >= 15 is 0 Å². The van der Waals surface area contributed by atoms with Gasteiger partial charge in [-0.2, -0.15) is 0 Å². The fraction of sp³-hybridized carbons (Fsp3) is 0.0667. The monoisotopic (exact) mass is 285 g/mol. The van der Waals surface area contributed by atoms with Gasteiger partial charge in [-0.3, -0.25) is 9.69 Å². The van der Waals surface area contributed by atoms with Gasteiger partial charge in [0, 0.05) is 5.69 Å². The van der Waals surface area contributed by atoms with E-state index in [1.807, 2.05) is 0 Å². The molecule has 0 heterocycles. The number of aliphatic carboxylic acids is 1. The molecule has 0 aliphatic carbocycles. The average molecular weight is 285 g/mol. The Balaban J connectivity index is 2.23. The Hall–Kier alpha value is -3.02. The molecule has 6 nitrogen and oxygen atoms in total. The van der Waals surface area contributed by atoms with Gasteiger partial charge in [0.15, 0.2) is 0 Å². The van der Waals surface area contributed by atoms with Gasteiger partial charge in [-0.15, -0.1) is 0 Å². The maximum atomic E-state index is 12.3. The van der Waals surface area contributed by atoms with E-state index in [1.54, 1.807) is 54.6 Å². The van der Waals surface area contributed by atoms with Gasteiger partial charge in [0.05, 0.1) is 11.4 Å². The van der Waals surface area contributed by atoms with Gasteiger partial charge in [0.1, 0.15) is 6.54 Å². The van der Waals surface area contributed by atoms with Crippen molar-refractivity contribution in [3.8, 4) is 0 Å². The Labute approximate surface area is 121 Å². The van der Waals surface area contributed by atoms with Crippen LogP contribution in [0, 0.1) is 0 Å². The number of hydrogen-bond acceptors (Lipinski definition) is 3. The molecule has 0 saturated heterocycles. The third kappa shape index (κ3) is 3.73. The number of carbonyl (C=O) groups is 2. The van der Waals surface area contributed by atoms with Crippen LogP contribution in [0.2, 0.25) is 0 Å². The molecule has 0 saturated carbocycles. The molecule has 4 N–H and O–H groups in total. The number of carbonyl (C=O) groups excluding carboxylic acids is 1. The average Bonchev–Trinajstić information content (AvgIpc) is 2.48. The second-order valence-corrected chi connectivity index (χ2v) is 4.33. The van der Waals surface area contributed by atoms with Gasteiger partial charge in [0.25, 0.3) is 0 Å². The van der Waals surface area contributed by atoms with Crippen molar-refractivity contribution in [2.45, 2.75) is 0 Å². The number of rotatable bonds is 4. The maximum Gasteiger partial charge on any atom is 0.326 e. The molecule has 2 rings (SSSR count). The minimum atomic E-state index is -1.10. The van der Waals surface area contributed by atoms with E-state index in [9.17, 15) is 9.59 Å². The van der Waals surface area contributed by atoms with E-state index in [0.29, 0.717) is 17.1 Å². The lowest BCUT2D eigenvalue weighted by Crippen LogP contribution is -2.39. The summed E-state index contributed by atoms with van der Waals surface area (Å²) in [7, 11) is 0. The Morgan fingerprint density at radius 1 is 1.05 bits per heavy atom. The first kappa shape index (κ1) is 14.4. The Morgan fingerprint density at radius 2 is 1.67 bits per heavy atom. The highest BCUT2D eigenvalue weighted by Crippen LogP contribution is 2.19. The molecule has 0 aromatic heterocycles. The Morgan fingerprint density at radius 3 is 2.29 bits per heavy atom. The SMILES string of the molecule is Nc1ccccc1NC(=O)N(CC(=O)O)c1ccccc1. The lowest BCUT2D eigenvalue weighted by atomic mass is 10.2. The number of para-hydroxylation sites is 3. The van der Waals surface area contributed by atoms with Crippen molar-refractivity contribution < 1.29 is 14.7 Å². The number of nitrogens with one attached hydrogen (secondary N) is 1. The molecular weight excluding hydrogens is 270 g/mol. The molecule has 21 heavy (non-hydrogen) atoms. The summed E-state index contributed by atoms with van der Waals surface area (Å²) in [6.07, 6.45) is 0. The predicted molar refractivity (Wildman–Crippen MR) is 81.3 cm³/mol. The normalized spacial score (nSPS) is 9.90. The van der Waals surface area contributed by atoms with Gasteiger partial charge in [0.2, 0.25) is 0 Å². The summed E-state index contributed by atoms with van der Waals surface area (Å²) >= 11 is 0. The van der Waals surface area contributed by atoms with Crippen LogP contribution in [0.3, 0.4) is 0 Å². The van der Waals surface area contributed by atoms with Crippen LogP contribution in [0.25, 0.3) is 0 Å². The molecule has 0 bridgehead atoms. The third-order valence-corrected chi connectivity index (χ3v) is 2.81. The number of nitrogen functional groups attached to an aromatic ring is 1. The Bertz CT molecular complexity index is 644. The second-order valence-electron chi connectivity index (χ2n) is 4.33. The fourth-order valence-corrected chi connectivity index (χ4v) is 1.82. The van der Waals surface area contributed by atoms with E-state index in [-0.39, 0.29) is 0 Å². The zero-order valence-corrected chi connectivity index (χ0v) is 11.2. The largest absolute Gasteiger partial charge is 0.480 e. The summed E-state index contributed by atoms with van der Waals surface area (Å²) in [6, 6.07) is 14.8. The van der Waals surface area contributed by atoms with E-state index in [1.165, 1.54) is 0 Å². The Kier molecular flexibility index (Phi) is 4.40. The quantitative estimate of drug-likeness (QED) is 0.751. The molecule has 0 unspecified atom stereocenters. The zero-order valence-electron chi connectivity index (χ0n) is 11.2. The highest BCUT2D eigenvalue weighted by molar-refractivity contribution is 6.05. The number of urea groups is 1. The number of nitrogens with two attached hydrogens (primary N) is 1. The van der Waals surface area contributed by atoms with Crippen molar-refractivity contribution in [2.24, 2.45) is 0 Å². The molecule has 0 aliphatic heterocycles. The number of benzene rings is 2. The number of carboxylic acids is 1. The minimum absolute atomic E-state index is 0.411. The summed E-state index contributed by atoms with van der Waals surface area (Å²) in [5.74, 6) is -1.10. The molecule has 0 atom stereocenters. The smallest absolute Gasteiger partial charge is 0.326 e. The van der Waals surface area contributed by atoms with Crippen molar-refractivity contribution >= 4 is 29.1 Å². The van der Waals surface area contributed by atoms with Gasteiger partial charge >= 0.3 is 12.0 Å². The molecule has 6 heteroatoms. The van der Waals surface area contributed by atoms with Gasteiger partial charge < -0.3 is 16.2 Å². The predicted octanol–water partition coefficient (Wildman–Crippen LogP) is 2.39. The maximum absolute atomic E-state index is 12.3. The van der Waals surface area contributed by atoms with Crippen LogP contribution in [-0.2, 0) is 4.79 Å². The van der Waals surface area contributed by atoms with E-state index in [0.717, 1.165) is 4.90 Å². The topological polar surface area (TPSA) is 95.7 Å². The standard InChI is InChI=1S/C15H15N3O3/c16-12-8-4-5-9-13(12)17-15(21)18(10-14(19)20)11-6-2-1-3-7-11/h1-9H,10,16H2,(H,17,21)(H,19,20). The van der Waals surface area contributed by atoms with Crippen LogP contribution in [0.1, 0.15) is 0 Å². The number of amides is 2. The molecule has 0 fully saturated rings. The summed E-state index contributed by atoms with van der Waals surface area (Å²) in [5, 5.41) is 11.6. The highest BCUT2D eigenvalue weighted by Gasteiger charge is 2.19. The molecule has 108 valence electrons. The number of anilines is 3. The van der Waals surface area contributed by atoms with Crippen LogP contribution in [0.5, 0.6) is 0 Å². The van der Waals surface area contributed by atoms with E-state index in [4.69, 9.17) is 10.8 Å². The molecule has 0 aliphatic rings. The van der Waals surface area contributed by atoms with E-state index < -0.39 is 18.5 Å². The minimum Gasteiger partial charge on any atom is -0.480 e. The summed E-state index contributed by atoms with van der Waals surface area (Å²) in [5.41, 5.74) is 7.10. The first-order valence-corrected chi connectivity index (χ1v) is 6.28. The van der Waals surface area contributed by atoms with E-state index in [2.05, 4.69) is 5.32 Å². The molecular formula is C15H15N3O3. The molecule has 2 aromatic rings. The van der Waals surface area contributed by atoms with Crippen molar-refractivity contribution in [1.82, 2.24) is 0 Å². The third-order valence-electron chi connectivity index (χ3n) is 2.81. The van der Waals surface area contributed by atoms with Crippen LogP contribution in [-0.4, -0.2) is 23.7 Å². The van der Waals surface area contributed by atoms with Crippen LogP contribution < -0.4 is 16.0 Å². The van der Waals surface area contributed by atoms with Crippen molar-refractivity contribution in [2.75, 3.05) is 22.5 Å². The van der Waals surface area contributed by atoms with Gasteiger partial charge in [-0.05, 0) is 24.3 Å². The first-order valence-electron chi connectivity index (χ1n) is 6.28. The van der Waals surface area contributed by atoms with Gasteiger partial charge in [-0.25, -0.2) is 4.79 Å². The van der Waals surface area contributed by atoms with Crippen molar-refractivity contribution in [3.63, 3.8) is 0 Å². The van der Waals surface area contributed by atoms with Crippen molar-refractivity contribution in [3.05, 3.63) is 54.6 Å². The molecule has 0 radical (unpaired) electrons. The number of hydrogen-bond donors (Lipinski definition) is 3. The lowest BCUT2D eigenvalue weighted by Gasteiger charge is -2.21. The zero-order chi connectivity index (χ0) is 15.2. The van der Waals surface area contributed by atoms with Crippen LogP contribution >= 0.6 is 0 Å².